The average Bonchev–Trinajstić information content (AvgIpc) is 2.25. The Bertz CT molecular complexity index is 250. The van der Waals surface area contributed by atoms with Crippen molar-refractivity contribution >= 4 is 6.21 Å². The minimum absolute atomic E-state index is 0.281. The predicted molar refractivity (Wildman–Crippen MR) is 64.3 cm³/mol. The zero-order valence-corrected chi connectivity index (χ0v) is 9.64. The number of hydrogen-bond donors (Lipinski definition) is 0. The standard InChI is InChI=1S/C12H19NO2/c1-5-7-11(8-6-2)9-13-10-12(14-3)15-4/h5-9,12H,1,10H2,2-4H3/b8-6-,11-7+,13-9?. The lowest BCUT2D eigenvalue weighted by molar-refractivity contribution is -0.0936. The monoisotopic (exact) mass is 209 g/mol. The molecule has 3 heteroatoms. The van der Waals surface area contributed by atoms with Gasteiger partial charge in [-0.25, -0.2) is 0 Å². The molecule has 0 aromatic rings. The zero-order valence-electron chi connectivity index (χ0n) is 9.64. The van der Waals surface area contributed by atoms with Crippen molar-refractivity contribution < 1.29 is 9.47 Å². The highest BCUT2D eigenvalue weighted by atomic mass is 16.7. The van der Waals surface area contributed by atoms with E-state index in [0.717, 1.165) is 5.57 Å². The molecule has 0 amide bonds. The van der Waals surface area contributed by atoms with Crippen molar-refractivity contribution in [3.63, 3.8) is 0 Å². The molecule has 0 heterocycles. The second-order valence-electron chi connectivity index (χ2n) is 2.80. The second kappa shape index (κ2) is 9.37. The van der Waals surface area contributed by atoms with Crippen LogP contribution < -0.4 is 0 Å². The van der Waals surface area contributed by atoms with Gasteiger partial charge in [0.25, 0.3) is 0 Å². The van der Waals surface area contributed by atoms with E-state index in [4.69, 9.17) is 9.47 Å². The molecule has 0 aromatic carbocycles. The highest BCUT2D eigenvalue weighted by molar-refractivity contribution is 5.82. The number of aliphatic imine (C=N–C) groups is 1. The molecule has 15 heavy (non-hydrogen) atoms. The smallest absolute Gasteiger partial charge is 0.176 e. The van der Waals surface area contributed by atoms with Crippen molar-refractivity contribution in [1.29, 1.82) is 0 Å². The summed E-state index contributed by atoms with van der Waals surface area (Å²) in [7, 11) is 3.19. The van der Waals surface area contributed by atoms with Crippen molar-refractivity contribution in [2.75, 3.05) is 20.8 Å². The van der Waals surface area contributed by atoms with Gasteiger partial charge in [0, 0.05) is 20.4 Å². The van der Waals surface area contributed by atoms with Crippen molar-refractivity contribution in [2.24, 2.45) is 4.99 Å². The summed E-state index contributed by atoms with van der Waals surface area (Å²) in [6.45, 7) is 6.08. The quantitative estimate of drug-likeness (QED) is 0.366. The van der Waals surface area contributed by atoms with Crippen LogP contribution in [0.3, 0.4) is 0 Å². The number of hydrogen-bond acceptors (Lipinski definition) is 3. The van der Waals surface area contributed by atoms with Gasteiger partial charge in [-0.05, 0) is 12.5 Å². The summed E-state index contributed by atoms with van der Waals surface area (Å²) in [5.74, 6) is 0. The maximum atomic E-state index is 5.01. The molecule has 0 N–H and O–H groups in total. The lowest BCUT2D eigenvalue weighted by Crippen LogP contribution is -2.16. The number of allylic oxidation sites excluding steroid dienone is 5. The first-order chi connectivity index (χ1) is 7.28. The fraction of sp³-hybridized carbons (Fsp3) is 0.417. The summed E-state index contributed by atoms with van der Waals surface area (Å²) in [6, 6.07) is 0. The van der Waals surface area contributed by atoms with Crippen molar-refractivity contribution in [2.45, 2.75) is 13.2 Å². The maximum Gasteiger partial charge on any atom is 0.176 e. The van der Waals surface area contributed by atoms with E-state index in [-0.39, 0.29) is 6.29 Å². The van der Waals surface area contributed by atoms with Gasteiger partial charge in [-0.3, -0.25) is 4.99 Å². The third kappa shape index (κ3) is 6.82. The Morgan fingerprint density at radius 1 is 1.40 bits per heavy atom. The molecule has 0 aromatic heterocycles. The molecular formula is C12H19NO2. The van der Waals surface area contributed by atoms with Crippen LogP contribution in [-0.4, -0.2) is 33.3 Å². The molecule has 0 aliphatic carbocycles. The Balaban J connectivity index is 4.22. The van der Waals surface area contributed by atoms with Crippen LogP contribution in [0.15, 0.2) is 41.4 Å². The molecule has 0 unspecified atom stereocenters. The molecule has 0 atom stereocenters. The second-order valence-corrected chi connectivity index (χ2v) is 2.80. The molecule has 0 aliphatic rings. The Morgan fingerprint density at radius 3 is 2.53 bits per heavy atom. The minimum atomic E-state index is -0.281. The molecule has 0 saturated carbocycles. The van der Waals surface area contributed by atoms with Gasteiger partial charge in [0.1, 0.15) is 0 Å². The highest BCUT2D eigenvalue weighted by Crippen LogP contribution is 1.96. The van der Waals surface area contributed by atoms with E-state index in [9.17, 15) is 0 Å². The fourth-order valence-corrected chi connectivity index (χ4v) is 0.960. The van der Waals surface area contributed by atoms with Gasteiger partial charge in [-0.1, -0.05) is 30.9 Å². The summed E-state index contributed by atoms with van der Waals surface area (Å²) < 4.78 is 10.0. The van der Waals surface area contributed by atoms with E-state index in [1.807, 2.05) is 25.2 Å². The Labute approximate surface area is 91.8 Å². The minimum Gasteiger partial charge on any atom is -0.354 e. The predicted octanol–water partition coefficient (Wildman–Crippen LogP) is 2.36. The van der Waals surface area contributed by atoms with Crippen LogP contribution in [0.4, 0.5) is 0 Å². The number of rotatable bonds is 7. The molecular weight excluding hydrogens is 190 g/mol. The van der Waals surface area contributed by atoms with Crippen molar-refractivity contribution in [1.82, 2.24) is 0 Å². The average molecular weight is 209 g/mol. The first kappa shape index (κ1) is 13.8. The lowest BCUT2D eigenvalue weighted by atomic mass is 10.2. The van der Waals surface area contributed by atoms with E-state index in [2.05, 4.69) is 11.6 Å². The van der Waals surface area contributed by atoms with Crippen molar-refractivity contribution in [3.05, 3.63) is 36.5 Å². The molecule has 0 spiro atoms. The van der Waals surface area contributed by atoms with Crippen LogP contribution in [0.25, 0.3) is 0 Å². The lowest BCUT2D eigenvalue weighted by Gasteiger charge is -2.09. The molecule has 0 saturated heterocycles. The van der Waals surface area contributed by atoms with Gasteiger partial charge < -0.3 is 9.47 Å². The fourth-order valence-electron chi connectivity index (χ4n) is 0.960. The SMILES string of the molecule is C=C/C=C(C=NCC(OC)OC)\C=C/C. The van der Waals surface area contributed by atoms with Crippen LogP contribution in [0.1, 0.15) is 6.92 Å². The van der Waals surface area contributed by atoms with Crippen LogP contribution in [0.2, 0.25) is 0 Å². The van der Waals surface area contributed by atoms with E-state index < -0.39 is 0 Å². The summed E-state index contributed by atoms with van der Waals surface area (Å²) in [5, 5.41) is 0. The Kier molecular flexibility index (Phi) is 8.63. The normalized spacial score (nSPS) is 13.2. The first-order valence-corrected chi connectivity index (χ1v) is 4.79. The molecule has 84 valence electrons. The Morgan fingerprint density at radius 2 is 2.07 bits per heavy atom. The van der Waals surface area contributed by atoms with E-state index in [0.29, 0.717) is 6.54 Å². The third-order valence-corrected chi connectivity index (χ3v) is 1.69. The largest absolute Gasteiger partial charge is 0.354 e. The van der Waals surface area contributed by atoms with E-state index in [1.165, 1.54) is 0 Å². The number of methoxy groups -OCH3 is 2. The van der Waals surface area contributed by atoms with Crippen molar-refractivity contribution in [3.8, 4) is 0 Å². The summed E-state index contributed by atoms with van der Waals surface area (Å²) in [6.07, 6.45) is 9.01. The van der Waals surface area contributed by atoms with Crippen LogP contribution in [-0.2, 0) is 9.47 Å². The van der Waals surface area contributed by atoms with Crippen LogP contribution in [0, 0.1) is 0 Å². The van der Waals surface area contributed by atoms with Gasteiger partial charge >= 0.3 is 0 Å². The molecule has 0 aliphatic heterocycles. The molecule has 0 fully saturated rings. The van der Waals surface area contributed by atoms with Gasteiger partial charge in [0.05, 0.1) is 6.54 Å². The third-order valence-electron chi connectivity index (χ3n) is 1.69. The molecule has 0 bridgehead atoms. The summed E-state index contributed by atoms with van der Waals surface area (Å²) in [5.41, 5.74) is 0.999. The number of ether oxygens (including phenoxy) is 2. The van der Waals surface area contributed by atoms with Gasteiger partial charge in [-0.15, -0.1) is 0 Å². The van der Waals surface area contributed by atoms with Gasteiger partial charge in [-0.2, -0.15) is 0 Å². The Hall–Kier alpha value is -1.19. The topological polar surface area (TPSA) is 30.8 Å². The summed E-state index contributed by atoms with van der Waals surface area (Å²) in [4.78, 5) is 4.21. The van der Waals surface area contributed by atoms with Crippen LogP contribution in [0.5, 0.6) is 0 Å². The van der Waals surface area contributed by atoms with Crippen LogP contribution >= 0.6 is 0 Å². The molecule has 0 rings (SSSR count). The molecule has 3 nitrogen and oxygen atoms in total. The van der Waals surface area contributed by atoms with E-state index >= 15 is 0 Å². The molecule has 0 radical (unpaired) electrons. The zero-order chi connectivity index (χ0) is 11.5. The number of nitrogens with zero attached hydrogens (tertiary/aromatic N) is 1. The van der Waals surface area contributed by atoms with Gasteiger partial charge in [0.15, 0.2) is 6.29 Å². The van der Waals surface area contributed by atoms with E-state index in [1.54, 1.807) is 26.5 Å². The highest BCUT2D eigenvalue weighted by Gasteiger charge is 2.00. The summed E-state index contributed by atoms with van der Waals surface area (Å²) >= 11 is 0. The first-order valence-electron chi connectivity index (χ1n) is 4.79. The van der Waals surface area contributed by atoms with Gasteiger partial charge in [0.2, 0.25) is 0 Å². The maximum absolute atomic E-state index is 5.01.